The van der Waals surface area contributed by atoms with Gasteiger partial charge in [0.05, 0.1) is 27.4 Å². The van der Waals surface area contributed by atoms with Gasteiger partial charge in [0, 0.05) is 6.54 Å². The largest absolute Gasteiger partial charge is 0.494 e. The molecule has 0 saturated carbocycles. The van der Waals surface area contributed by atoms with E-state index in [1.54, 1.807) is 14.2 Å². The number of guanidine groups is 1. The maximum Gasteiger partial charge on any atom is 0.188 e. The molecule has 148 valence electrons. The van der Waals surface area contributed by atoms with Crippen LogP contribution < -0.4 is 25.3 Å². The Morgan fingerprint density at radius 1 is 1.04 bits per heavy atom. The summed E-state index contributed by atoms with van der Waals surface area (Å²) in [6, 6.07) is 13.7. The smallest absolute Gasteiger partial charge is 0.188 e. The molecule has 0 bridgehead atoms. The van der Waals surface area contributed by atoms with Gasteiger partial charge in [0.2, 0.25) is 0 Å². The normalized spacial score (nSPS) is 10.7. The molecule has 0 aliphatic rings. The molecule has 27 heavy (non-hydrogen) atoms. The second kappa shape index (κ2) is 12.3. The summed E-state index contributed by atoms with van der Waals surface area (Å²) in [7, 11) is 3.26. The lowest BCUT2D eigenvalue weighted by molar-refractivity contribution is 0.340. The maximum atomic E-state index is 5.95. The molecule has 0 spiro atoms. The first kappa shape index (κ1) is 22.9. The van der Waals surface area contributed by atoms with Crippen molar-refractivity contribution >= 4 is 29.9 Å². The van der Waals surface area contributed by atoms with E-state index in [1.165, 1.54) is 0 Å². The van der Waals surface area contributed by atoms with Gasteiger partial charge in [0.25, 0.3) is 0 Å². The number of nitrogens with zero attached hydrogens (tertiary/aromatic N) is 1. The minimum atomic E-state index is 0. The first-order chi connectivity index (χ1) is 12.7. The topological polar surface area (TPSA) is 78.1 Å². The molecule has 2 aromatic carbocycles. The highest BCUT2D eigenvalue weighted by molar-refractivity contribution is 14.0. The van der Waals surface area contributed by atoms with Crippen LogP contribution in [-0.4, -0.2) is 33.3 Å². The van der Waals surface area contributed by atoms with E-state index in [1.807, 2.05) is 49.4 Å². The van der Waals surface area contributed by atoms with Crippen molar-refractivity contribution in [2.24, 2.45) is 10.7 Å². The predicted octanol–water partition coefficient (Wildman–Crippen LogP) is 3.37. The second-order valence-corrected chi connectivity index (χ2v) is 5.65. The summed E-state index contributed by atoms with van der Waals surface area (Å²) in [5.74, 6) is 2.72. The third-order valence-corrected chi connectivity index (χ3v) is 3.81. The Morgan fingerprint density at radius 2 is 1.81 bits per heavy atom. The van der Waals surface area contributed by atoms with Gasteiger partial charge in [-0.05, 0) is 48.7 Å². The van der Waals surface area contributed by atoms with Crippen LogP contribution in [0.1, 0.15) is 18.1 Å². The van der Waals surface area contributed by atoms with Gasteiger partial charge in [0.1, 0.15) is 5.75 Å². The number of nitrogens with one attached hydrogen (secondary N) is 1. The van der Waals surface area contributed by atoms with Crippen LogP contribution in [-0.2, 0) is 13.0 Å². The molecule has 0 amide bonds. The highest BCUT2D eigenvalue weighted by Gasteiger charge is 2.04. The van der Waals surface area contributed by atoms with Crippen LogP contribution in [0.5, 0.6) is 17.2 Å². The van der Waals surface area contributed by atoms with Gasteiger partial charge in [-0.2, -0.15) is 0 Å². The molecule has 0 aromatic heterocycles. The first-order valence-electron chi connectivity index (χ1n) is 8.62. The van der Waals surface area contributed by atoms with Gasteiger partial charge in [-0.3, -0.25) is 0 Å². The SMILES string of the molecule is CCOc1cccc(CN=C(N)NCCc2ccc(OC)c(OC)c2)c1.I. The minimum absolute atomic E-state index is 0. The van der Waals surface area contributed by atoms with Crippen molar-refractivity contribution in [1.82, 2.24) is 5.32 Å². The molecular weight excluding hydrogens is 457 g/mol. The number of methoxy groups -OCH3 is 2. The Hall–Kier alpha value is -2.16. The predicted molar refractivity (Wildman–Crippen MR) is 120 cm³/mol. The molecule has 0 aliphatic heterocycles. The Bertz CT molecular complexity index is 738. The highest BCUT2D eigenvalue weighted by Crippen LogP contribution is 2.27. The number of nitrogens with two attached hydrogens (primary N) is 1. The fraction of sp³-hybridized carbons (Fsp3) is 0.350. The van der Waals surface area contributed by atoms with Gasteiger partial charge < -0.3 is 25.3 Å². The number of halogens is 1. The fourth-order valence-electron chi connectivity index (χ4n) is 2.50. The van der Waals surface area contributed by atoms with Gasteiger partial charge >= 0.3 is 0 Å². The molecule has 0 heterocycles. The molecule has 3 N–H and O–H groups in total. The van der Waals surface area contributed by atoms with Gasteiger partial charge in [-0.1, -0.05) is 18.2 Å². The van der Waals surface area contributed by atoms with E-state index < -0.39 is 0 Å². The summed E-state index contributed by atoms with van der Waals surface area (Å²) >= 11 is 0. The molecule has 0 atom stereocenters. The Morgan fingerprint density at radius 3 is 2.52 bits per heavy atom. The number of benzene rings is 2. The Labute approximate surface area is 178 Å². The summed E-state index contributed by atoms with van der Waals surface area (Å²) < 4.78 is 16.0. The average Bonchev–Trinajstić information content (AvgIpc) is 2.67. The minimum Gasteiger partial charge on any atom is -0.494 e. The third kappa shape index (κ3) is 7.54. The summed E-state index contributed by atoms with van der Waals surface area (Å²) in [6.45, 7) is 3.80. The number of hydrogen-bond donors (Lipinski definition) is 2. The molecule has 6 nitrogen and oxygen atoms in total. The molecule has 7 heteroatoms. The molecule has 0 radical (unpaired) electrons. The lowest BCUT2D eigenvalue weighted by atomic mass is 10.1. The van der Waals surface area contributed by atoms with Crippen LogP contribution in [0.15, 0.2) is 47.5 Å². The van der Waals surface area contributed by atoms with Crippen molar-refractivity contribution in [2.75, 3.05) is 27.4 Å². The van der Waals surface area contributed by atoms with Crippen molar-refractivity contribution in [1.29, 1.82) is 0 Å². The quantitative estimate of drug-likeness (QED) is 0.324. The lowest BCUT2D eigenvalue weighted by Gasteiger charge is -2.10. The van der Waals surface area contributed by atoms with Crippen molar-refractivity contribution in [3.05, 3.63) is 53.6 Å². The van der Waals surface area contributed by atoms with Gasteiger partial charge in [-0.25, -0.2) is 4.99 Å². The van der Waals surface area contributed by atoms with E-state index in [0.29, 0.717) is 25.7 Å². The third-order valence-electron chi connectivity index (χ3n) is 3.81. The van der Waals surface area contributed by atoms with E-state index in [9.17, 15) is 0 Å². The van der Waals surface area contributed by atoms with E-state index in [4.69, 9.17) is 19.9 Å². The molecular formula is C20H28IN3O3. The summed E-state index contributed by atoms with van der Waals surface area (Å²) in [6.07, 6.45) is 0.802. The fourth-order valence-corrected chi connectivity index (χ4v) is 2.50. The molecule has 0 fully saturated rings. The molecule has 2 rings (SSSR count). The maximum absolute atomic E-state index is 5.95. The van der Waals surface area contributed by atoms with Crippen molar-refractivity contribution in [2.45, 2.75) is 19.9 Å². The van der Waals surface area contributed by atoms with Crippen LogP contribution >= 0.6 is 24.0 Å². The standard InChI is InChI=1S/C20H27N3O3.HI/c1-4-26-17-7-5-6-16(12-17)14-23-20(21)22-11-10-15-8-9-18(24-2)19(13-15)25-3;/h5-9,12-13H,4,10-11,14H2,1-3H3,(H3,21,22,23);1H. The van der Waals surface area contributed by atoms with Crippen LogP contribution in [0.25, 0.3) is 0 Å². The Kier molecular flexibility index (Phi) is 10.4. The molecule has 2 aromatic rings. The van der Waals surface area contributed by atoms with E-state index >= 15 is 0 Å². The molecule has 0 aliphatic carbocycles. The monoisotopic (exact) mass is 485 g/mol. The summed E-state index contributed by atoms with van der Waals surface area (Å²) in [5, 5.41) is 3.13. The van der Waals surface area contributed by atoms with Crippen molar-refractivity contribution in [3.8, 4) is 17.2 Å². The van der Waals surface area contributed by atoms with E-state index in [2.05, 4.69) is 10.3 Å². The molecule has 0 unspecified atom stereocenters. The van der Waals surface area contributed by atoms with Crippen LogP contribution in [0.2, 0.25) is 0 Å². The average molecular weight is 485 g/mol. The van der Waals surface area contributed by atoms with Crippen molar-refractivity contribution < 1.29 is 14.2 Å². The van der Waals surface area contributed by atoms with E-state index in [-0.39, 0.29) is 24.0 Å². The zero-order valence-corrected chi connectivity index (χ0v) is 18.4. The summed E-state index contributed by atoms with van der Waals surface area (Å²) in [5.41, 5.74) is 8.14. The van der Waals surface area contributed by atoms with Gasteiger partial charge in [0.15, 0.2) is 17.5 Å². The van der Waals surface area contributed by atoms with Crippen LogP contribution in [0, 0.1) is 0 Å². The van der Waals surface area contributed by atoms with Gasteiger partial charge in [-0.15, -0.1) is 24.0 Å². The number of aliphatic imine (C=N–C) groups is 1. The number of ether oxygens (including phenoxy) is 3. The second-order valence-electron chi connectivity index (χ2n) is 5.65. The van der Waals surface area contributed by atoms with Crippen molar-refractivity contribution in [3.63, 3.8) is 0 Å². The Balaban J connectivity index is 0.00000364. The van der Waals surface area contributed by atoms with E-state index in [0.717, 1.165) is 34.8 Å². The zero-order chi connectivity index (χ0) is 18.8. The number of hydrogen-bond acceptors (Lipinski definition) is 4. The molecule has 0 saturated heterocycles. The zero-order valence-electron chi connectivity index (χ0n) is 16.0. The van der Waals surface area contributed by atoms with Crippen LogP contribution in [0.3, 0.4) is 0 Å². The van der Waals surface area contributed by atoms with Crippen LogP contribution in [0.4, 0.5) is 0 Å². The highest BCUT2D eigenvalue weighted by atomic mass is 127. The first-order valence-corrected chi connectivity index (χ1v) is 8.62. The summed E-state index contributed by atoms with van der Waals surface area (Å²) in [4.78, 5) is 4.37. The lowest BCUT2D eigenvalue weighted by Crippen LogP contribution is -2.33. The number of rotatable bonds is 9.